The Morgan fingerprint density at radius 3 is 2.46 bits per heavy atom. The largest absolute Gasteiger partial charge is 0.484 e. The summed E-state index contributed by atoms with van der Waals surface area (Å²) in [5.74, 6) is -0.155. The van der Waals surface area contributed by atoms with Crippen molar-refractivity contribution in [3.8, 4) is 5.75 Å². The van der Waals surface area contributed by atoms with Crippen molar-refractivity contribution in [2.24, 2.45) is 0 Å². The first-order valence-electron chi connectivity index (χ1n) is 8.37. The maximum Gasteiger partial charge on any atom is 0.338 e. The van der Waals surface area contributed by atoms with Crippen molar-refractivity contribution in [3.05, 3.63) is 58.1 Å². The third-order valence-electron chi connectivity index (χ3n) is 3.60. The number of carbonyl (C=O) groups is 2. The van der Waals surface area contributed by atoms with E-state index in [2.05, 4.69) is 5.32 Å². The first-order valence-corrected chi connectivity index (χ1v) is 8.75. The zero-order valence-corrected chi connectivity index (χ0v) is 15.9. The summed E-state index contributed by atoms with van der Waals surface area (Å²) in [6, 6.07) is 10.2. The number of anilines is 1. The predicted octanol–water partition coefficient (Wildman–Crippen LogP) is 4.54. The van der Waals surface area contributed by atoms with Crippen molar-refractivity contribution in [2.45, 2.75) is 27.2 Å². The van der Waals surface area contributed by atoms with Crippen LogP contribution >= 0.6 is 11.6 Å². The highest BCUT2D eigenvalue weighted by Gasteiger charge is 2.10. The lowest BCUT2D eigenvalue weighted by Gasteiger charge is -2.11. The summed E-state index contributed by atoms with van der Waals surface area (Å²) in [6.07, 6.45) is 0.753. The van der Waals surface area contributed by atoms with Gasteiger partial charge in [0.15, 0.2) is 6.61 Å². The highest BCUT2D eigenvalue weighted by molar-refractivity contribution is 6.32. The molecule has 0 aliphatic carbocycles. The third kappa shape index (κ3) is 5.49. The normalized spacial score (nSPS) is 10.3. The van der Waals surface area contributed by atoms with Crippen molar-refractivity contribution in [1.29, 1.82) is 0 Å². The van der Waals surface area contributed by atoms with Gasteiger partial charge in [-0.3, -0.25) is 4.79 Å². The molecule has 6 heteroatoms. The molecule has 0 aliphatic heterocycles. The van der Waals surface area contributed by atoms with Crippen LogP contribution in [0.15, 0.2) is 36.4 Å². The van der Waals surface area contributed by atoms with Crippen LogP contribution in [0.2, 0.25) is 5.02 Å². The second-order valence-corrected chi connectivity index (χ2v) is 6.30. The number of halogens is 1. The minimum atomic E-state index is -0.411. The van der Waals surface area contributed by atoms with Crippen LogP contribution in [-0.2, 0) is 9.53 Å². The van der Waals surface area contributed by atoms with Gasteiger partial charge in [0.1, 0.15) is 5.75 Å². The van der Waals surface area contributed by atoms with Gasteiger partial charge >= 0.3 is 5.97 Å². The Balaban J connectivity index is 1.94. The predicted molar refractivity (Wildman–Crippen MR) is 102 cm³/mol. The number of hydrogen-bond acceptors (Lipinski definition) is 4. The molecule has 0 unspecified atom stereocenters. The molecule has 0 bridgehead atoms. The van der Waals surface area contributed by atoms with Gasteiger partial charge in [-0.05, 0) is 61.7 Å². The number of carbonyl (C=O) groups excluding carboxylic acids is 2. The lowest BCUT2D eigenvalue weighted by atomic mass is 10.1. The maximum absolute atomic E-state index is 12.1. The molecule has 2 aromatic carbocycles. The number of benzene rings is 2. The molecule has 0 fully saturated rings. The molecule has 0 spiro atoms. The van der Waals surface area contributed by atoms with Gasteiger partial charge in [0.25, 0.3) is 5.91 Å². The fourth-order valence-electron chi connectivity index (χ4n) is 2.34. The van der Waals surface area contributed by atoms with Crippen molar-refractivity contribution in [3.63, 3.8) is 0 Å². The molecule has 0 heterocycles. The van der Waals surface area contributed by atoms with Gasteiger partial charge in [0.2, 0.25) is 0 Å². The standard InChI is InChI=1S/C20H22ClNO4/c1-4-8-25-20(24)15-6-5-7-16(11-15)22-18(23)12-26-17-9-13(2)19(21)14(3)10-17/h5-7,9-11H,4,8,12H2,1-3H3,(H,22,23). The number of esters is 1. The van der Waals surface area contributed by atoms with Crippen LogP contribution in [0.5, 0.6) is 5.75 Å². The van der Waals surface area contributed by atoms with Gasteiger partial charge in [-0.15, -0.1) is 0 Å². The zero-order chi connectivity index (χ0) is 19.1. The molecule has 0 saturated heterocycles. The van der Waals surface area contributed by atoms with Crippen LogP contribution in [-0.4, -0.2) is 25.1 Å². The molecule has 1 amide bonds. The van der Waals surface area contributed by atoms with Gasteiger partial charge in [-0.25, -0.2) is 4.79 Å². The molecular formula is C20H22ClNO4. The lowest BCUT2D eigenvalue weighted by molar-refractivity contribution is -0.118. The van der Waals surface area contributed by atoms with Crippen LogP contribution < -0.4 is 10.1 Å². The fraction of sp³-hybridized carbons (Fsp3) is 0.300. The molecule has 2 aromatic rings. The van der Waals surface area contributed by atoms with E-state index in [9.17, 15) is 9.59 Å². The summed E-state index contributed by atoms with van der Waals surface area (Å²) in [4.78, 5) is 24.0. The Morgan fingerprint density at radius 2 is 1.81 bits per heavy atom. The molecular weight excluding hydrogens is 354 g/mol. The molecule has 5 nitrogen and oxygen atoms in total. The molecule has 26 heavy (non-hydrogen) atoms. The van der Waals surface area contributed by atoms with Crippen molar-refractivity contribution >= 4 is 29.2 Å². The number of hydrogen-bond donors (Lipinski definition) is 1. The first-order chi connectivity index (χ1) is 12.4. The fourth-order valence-corrected chi connectivity index (χ4v) is 2.45. The van der Waals surface area contributed by atoms with E-state index in [1.165, 1.54) is 0 Å². The Labute approximate surface area is 158 Å². The highest BCUT2D eigenvalue weighted by Crippen LogP contribution is 2.25. The quantitative estimate of drug-likeness (QED) is 0.721. The Bertz CT molecular complexity index is 781. The lowest BCUT2D eigenvalue weighted by Crippen LogP contribution is -2.20. The van der Waals surface area contributed by atoms with Crippen molar-refractivity contribution < 1.29 is 19.1 Å². The molecule has 0 aromatic heterocycles. The Morgan fingerprint density at radius 1 is 1.12 bits per heavy atom. The van der Waals surface area contributed by atoms with E-state index in [1.54, 1.807) is 36.4 Å². The first kappa shape index (κ1) is 19.8. The average molecular weight is 376 g/mol. The summed E-state index contributed by atoms with van der Waals surface area (Å²) >= 11 is 6.12. The number of rotatable bonds is 7. The van der Waals surface area contributed by atoms with E-state index in [4.69, 9.17) is 21.1 Å². The zero-order valence-electron chi connectivity index (χ0n) is 15.1. The van der Waals surface area contributed by atoms with Gasteiger partial charge in [-0.2, -0.15) is 0 Å². The summed E-state index contributed by atoms with van der Waals surface area (Å²) in [6.45, 7) is 5.90. The number of ether oxygens (including phenoxy) is 2. The van der Waals surface area contributed by atoms with Gasteiger partial charge in [0.05, 0.1) is 12.2 Å². The van der Waals surface area contributed by atoms with E-state index in [1.807, 2.05) is 20.8 Å². The molecule has 0 aliphatic rings. The smallest absolute Gasteiger partial charge is 0.338 e. The highest BCUT2D eigenvalue weighted by atomic mass is 35.5. The number of aryl methyl sites for hydroxylation is 2. The Hall–Kier alpha value is -2.53. The van der Waals surface area contributed by atoms with Crippen molar-refractivity contribution in [2.75, 3.05) is 18.5 Å². The van der Waals surface area contributed by atoms with Crippen LogP contribution in [0.25, 0.3) is 0 Å². The third-order valence-corrected chi connectivity index (χ3v) is 4.20. The van der Waals surface area contributed by atoms with Crippen LogP contribution in [0.1, 0.15) is 34.8 Å². The molecule has 1 N–H and O–H groups in total. The maximum atomic E-state index is 12.1. The van der Waals surface area contributed by atoms with Crippen LogP contribution in [0.4, 0.5) is 5.69 Å². The van der Waals surface area contributed by atoms with Crippen LogP contribution in [0, 0.1) is 13.8 Å². The molecule has 0 saturated carbocycles. The van der Waals surface area contributed by atoms with Crippen molar-refractivity contribution in [1.82, 2.24) is 0 Å². The molecule has 2 rings (SSSR count). The topological polar surface area (TPSA) is 64.6 Å². The van der Waals surface area contributed by atoms with E-state index in [0.717, 1.165) is 17.5 Å². The second kappa shape index (κ2) is 9.25. The minimum absolute atomic E-state index is 0.148. The Kier molecular flexibility index (Phi) is 7.04. The summed E-state index contributed by atoms with van der Waals surface area (Å²) in [7, 11) is 0. The number of nitrogens with one attached hydrogen (secondary N) is 1. The van der Waals surface area contributed by atoms with E-state index in [-0.39, 0.29) is 12.5 Å². The summed E-state index contributed by atoms with van der Waals surface area (Å²) in [5.41, 5.74) is 2.68. The number of amides is 1. The van der Waals surface area contributed by atoms with Gasteiger partial charge < -0.3 is 14.8 Å². The average Bonchev–Trinajstić information content (AvgIpc) is 2.62. The molecule has 138 valence electrons. The monoisotopic (exact) mass is 375 g/mol. The minimum Gasteiger partial charge on any atom is -0.484 e. The second-order valence-electron chi connectivity index (χ2n) is 5.92. The van der Waals surface area contributed by atoms with E-state index < -0.39 is 5.97 Å². The van der Waals surface area contributed by atoms with Crippen LogP contribution in [0.3, 0.4) is 0 Å². The molecule has 0 radical (unpaired) electrons. The molecule has 0 atom stereocenters. The van der Waals surface area contributed by atoms with E-state index >= 15 is 0 Å². The summed E-state index contributed by atoms with van der Waals surface area (Å²) in [5, 5.41) is 3.39. The van der Waals surface area contributed by atoms with E-state index in [0.29, 0.717) is 28.6 Å². The SMILES string of the molecule is CCCOC(=O)c1cccc(NC(=O)COc2cc(C)c(Cl)c(C)c2)c1. The van der Waals surface area contributed by atoms with Gasteiger partial charge in [-0.1, -0.05) is 24.6 Å². The summed E-state index contributed by atoms with van der Waals surface area (Å²) < 4.78 is 10.6. The van der Waals surface area contributed by atoms with Gasteiger partial charge in [0, 0.05) is 10.7 Å².